The fraction of sp³-hybridized carbons (Fsp3) is 0.333. The maximum absolute atomic E-state index is 9.12. The van der Waals surface area contributed by atoms with E-state index in [2.05, 4.69) is 13.0 Å². The van der Waals surface area contributed by atoms with E-state index in [-0.39, 0.29) is 0 Å². The smallest absolute Gasteiger partial charge is 0.116 e. The molecule has 0 heterocycles. The van der Waals surface area contributed by atoms with Gasteiger partial charge in [0, 0.05) is 0 Å². The first kappa shape index (κ1) is 7.13. The summed E-state index contributed by atoms with van der Waals surface area (Å²) in [6, 6.07) is 5.64. The van der Waals surface area contributed by atoms with Gasteiger partial charge in [-0.2, -0.15) is 0 Å². The molecule has 0 radical (unpaired) electrons. The van der Waals surface area contributed by atoms with Gasteiger partial charge in [-0.1, -0.05) is 13.0 Å². The minimum atomic E-state index is 0.372. The Morgan fingerprint density at radius 1 is 1.30 bits per heavy atom. The van der Waals surface area contributed by atoms with Gasteiger partial charge < -0.3 is 5.11 Å². The van der Waals surface area contributed by atoms with Crippen LogP contribution in [-0.4, -0.2) is 5.11 Å². The van der Waals surface area contributed by atoms with E-state index < -0.39 is 0 Å². The first-order chi connectivity index (χ1) is 4.72. The minimum Gasteiger partial charge on any atom is -0.508 e. The highest BCUT2D eigenvalue weighted by Gasteiger charge is 1.93. The van der Waals surface area contributed by atoms with E-state index in [0.29, 0.717) is 5.75 Å². The molecule has 1 heteroatoms. The second kappa shape index (κ2) is 2.74. The zero-order valence-electron chi connectivity index (χ0n) is 6.39. The molecule has 0 amide bonds. The van der Waals surface area contributed by atoms with Gasteiger partial charge in [0.25, 0.3) is 0 Å². The summed E-state index contributed by atoms with van der Waals surface area (Å²) in [6.07, 6.45) is 0.981. The van der Waals surface area contributed by atoms with Gasteiger partial charge in [0.05, 0.1) is 0 Å². The van der Waals surface area contributed by atoms with Crippen molar-refractivity contribution in [2.45, 2.75) is 20.3 Å². The molecule has 0 fully saturated rings. The Labute approximate surface area is 61.3 Å². The molecule has 0 atom stereocenters. The molecule has 0 saturated heterocycles. The van der Waals surface area contributed by atoms with Crippen molar-refractivity contribution in [2.75, 3.05) is 0 Å². The summed E-state index contributed by atoms with van der Waals surface area (Å²) in [4.78, 5) is 0. The Kier molecular flexibility index (Phi) is 1.95. The lowest BCUT2D eigenvalue weighted by Gasteiger charge is -1.99. The Morgan fingerprint density at radius 2 is 2.00 bits per heavy atom. The Morgan fingerprint density at radius 3 is 2.50 bits per heavy atom. The highest BCUT2D eigenvalue weighted by molar-refractivity contribution is 5.32. The number of aromatic hydroxyl groups is 1. The number of rotatable bonds is 1. The monoisotopic (exact) mass is 136 g/mol. The Bertz CT molecular complexity index is 208. The second-order valence-corrected chi connectivity index (χ2v) is 2.53. The molecule has 0 aliphatic rings. The predicted molar refractivity (Wildman–Crippen MR) is 42.2 cm³/mol. The molecule has 1 N–H and O–H groups in total. The van der Waals surface area contributed by atoms with Crippen molar-refractivity contribution in [3.05, 3.63) is 29.3 Å². The number of hydrogen-bond acceptors (Lipinski definition) is 1. The third kappa shape index (κ3) is 1.50. The van der Waals surface area contributed by atoms with Crippen LogP contribution in [0.4, 0.5) is 0 Å². The predicted octanol–water partition coefficient (Wildman–Crippen LogP) is 2.26. The van der Waals surface area contributed by atoms with Gasteiger partial charge in [0.1, 0.15) is 5.75 Å². The van der Waals surface area contributed by atoms with Crippen LogP contribution in [0.15, 0.2) is 18.2 Å². The zero-order valence-corrected chi connectivity index (χ0v) is 6.39. The first-order valence-corrected chi connectivity index (χ1v) is 3.52. The largest absolute Gasteiger partial charge is 0.508 e. The highest BCUT2D eigenvalue weighted by Crippen LogP contribution is 2.14. The molecule has 54 valence electrons. The summed E-state index contributed by atoms with van der Waals surface area (Å²) in [7, 11) is 0. The van der Waals surface area contributed by atoms with Gasteiger partial charge in [0.15, 0.2) is 0 Å². The third-order valence-electron chi connectivity index (χ3n) is 1.53. The minimum absolute atomic E-state index is 0.372. The summed E-state index contributed by atoms with van der Waals surface area (Å²) in [6.45, 7) is 4.06. The number of hydrogen-bond donors (Lipinski definition) is 1. The van der Waals surface area contributed by atoms with E-state index in [1.54, 1.807) is 12.1 Å². The lowest BCUT2D eigenvalue weighted by molar-refractivity contribution is 0.474. The average Bonchev–Trinajstić information content (AvgIpc) is 1.85. The van der Waals surface area contributed by atoms with Crippen molar-refractivity contribution in [3.8, 4) is 5.75 Å². The van der Waals surface area contributed by atoms with Gasteiger partial charge in [-0.3, -0.25) is 0 Å². The fourth-order valence-electron chi connectivity index (χ4n) is 1.04. The van der Waals surface area contributed by atoms with Crippen LogP contribution in [0.3, 0.4) is 0 Å². The van der Waals surface area contributed by atoms with E-state index in [0.717, 1.165) is 12.0 Å². The lowest BCUT2D eigenvalue weighted by Crippen LogP contribution is -1.80. The van der Waals surface area contributed by atoms with E-state index in [1.807, 2.05) is 6.92 Å². The van der Waals surface area contributed by atoms with Crippen LogP contribution >= 0.6 is 0 Å². The standard InChI is InChI=1S/C9H12O/c1-3-8-4-7(2)5-9(10)6-8/h4-6,10H,3H2,1-2H3. The molecular formula is C9H12O. The molecule has 1 aromatic carbocycles. The maximum Gasteiger partial charge on any atom is 0.116 e. The second-order valence-electron chi connectivity index (χ2n) is 2.53. The molecule has 0 aromatic heterocycles. The molecule has 1 rings (SSSR count). The van der Waals surface area contributed by atoms with Crippen molar-refractivity contribution in [1.29, 1.82) is 0 Å². The molecule has 1 nitrogen and oxygen atoms in total. The number of benzene rings is 1. The Hall–Kier alpha value is -0.980. The first-order valence-electron chi connectivity index (χ1n) is 3.52. The lowest BCUT2D eigenvalue weighted by atomic mass is 10.1. The van der Waals surface area contributed by atoms with Crippen molar-refractivity contribution in [1.82, 2.24) is 0 Å². The molecule has 1 aromatic rings. The number of phenolic OH excluding ortho intramolecular Hbond substituents is 1. The quantitative estimate of drug-likeness (QED) is 0.627. The molecule has 0 saturated carbocycles. The molecule has 0 aliphatic heterocycles. The fourth-order valence-corrected chi connectivity index (χ4v) is 1.04. The van der Waals surface area contributed by atoms with E-state index in [4.69, 9.17) is 5.11 Å². The van der Waals surface area contributed by atoms with Crippen LogP contribution in [0, 0.1) is 6.92 Å². The van der Waals surface area contributed by atoms with Gasteiger partial charge in [-0.05, 0) is 36.6 Å². The average molecular weight is 136 g/mol. The zero-order chi connectivity index (χ0) is 7.56. The van der Waals surface area contributed by atoms with Crippen molar-refractivity contribution < 1.29 is 5.11 Å². The van der Waals surface area contributed by atoms with Crippen LogP contribution in [-0.2, 0) is 6.42 Å². The highest BCUT2D eigenvalue weighted by atomic mass is 16.3. The van der Waals surface area contributed by atoms with Crippen LogP contribution in [0.25, 0.3) is 0 Å². The van der Waals surface area contributed by atoms with Gasteiger partial charge >= 0.3 is 0 Å². The van der Waals surface area contributed by atoms with Crippen molar-refractivity contribution in [3.63, 3.8) is 0 Å². The summed E-state index contributed by atoms with van der Waals surface area (Å²) in [5, 5.41) is 9.12. The summed E-state index contributed by atoms with van der Waals surface area (Å²) < 4.78 is 0. The number of aryl methyl sites for hydroxylation is 2. The van der Waals surface area contributed by atoms with E-state index >= 15 is 0 Å². The molecule has 0 spiro atoms. The Balaban J connectivity index is 3.06. The van der Waals surface area contributed by atoms with Crippen LogP contribution in [0.5, 0.6) is 5.75 Å². The molecule has 10 heavy (non-hydrogen) atoms. The van der Waals surface area contributed by atoms with Gasteiger partial charge in [0.2, 0.25) is 0 Å². The van der Waals surface area contributed by atoms with Gasteiger partial charge in [-0.15, -0.1) is 0 Å². The number of phenols is 1. The summed E-state index contributed by atoms with van der Waals surface area (Å²) in [5.74, 6) is 0.372. The molecule has 0 bridgehead atoms. The van der Waals surface area contributed by atoms with Crippen LogP contribution in [0.2, 0.25) is 0 Å². The molecule has 0 unspecified atom stereocenters. The molecule has 0 aliphatic carbocycles. The van der Waals surface area contributed by atoms with Crippen LogP contribution < -0.4 is 0 Å². The normalized spacial score (nSPS) is 9.80. The maximum atomic E-state index is 9.12. The summed E-state index contributed by atoms with van der Waals surface area (Å²) >= 11 is 0. The summed E-state index contributed by atoms with van der Waals surface area (Å²) in [5.41, 5.74) is 2.31. The van der Waals surface area contributed by atoms with Crippen molar-refractivity contribution >= 4 is 0 Å². The van der Waals surface area contributed by atoms with Gasteiger partial charge in [-0.25, -0.2) is 0 Å². The van der Waals surface area contributed by atoms with E-state index in [9.17, 15) is 0 Å². The van der Waals surface area contributed by atoms with E-state index in [1.165, 1.54) is 5.56 Å². The third-order valence-corrected chi connectivity index (χ3v) is 1.53. The van der Waals surface area contributed by atoms with Crippen molar-refractivity contribution in [2.24, 2.45) is 0 Å². The van der Waals surface area contributed by atoms with Crippen LogP contribution in [0.1, 0.15) is 18.1 Å². The molecular weight excluding hydrogens is 124 g/mol. The topological polar surface area (TPSA) is 20.2 Å². The SMILES string of the molecule is CCc1cc(C)cc(O)c1.